The smallest absolute Gasteiger partial charge is 0.106 e. The predicted molar refractivity (Wildman–Crippen MR) is 75.9 cm³/mol. The van der Waals surface area contributed by atoms with E-state index in [1.165, 1.54) is 51.4 Å². The van der Waals surface area contributed by atoms with E-state index in [4.69, 9.17) is 4.42 Å². The lowest BCUT2D eigenvalue weighted by molar-refractivity contribution is -0.0793. The highest BCUT2D eigenvalue weighted by molar-refractivity contribution is 5.06. The molecule has 0 radical (unpaired) electrons. The summed E-state index contributed by atoms with van der Waals surface area (Å²) in [7, 11) is 0. The summed E-state index contributed by atoms with van der Waals surface area (Å²) in [6.07, 6.45) is 13.8. The highest BCUT2D eigenvalue weighted by Gasteiger charge is 2.43. The molecular weight excluding hydrogens is 236 g/mol. The van der Waals surface area contributed by atoms with Gasteiger partial charge in [0.2, 0.25) is 0 Å². The monoisotopic (exact) mass is 262 g/mol. The molecule has 3 rings (SSSR count). The highest BCUT2D eigenvalue weighted by atomic mass is 16.3. The van der Waals surface area contributed by atoms with Gasteiger partial charge in [0.15, 0.2) is 0 Å². The summed E-state index contributed by atoms with van der Waals surface area (Å²) in [5, 5.41) is 11.2. The molecule has 2 aliphatic rings. The van der Waals surface area contributed by atoms with Crippen molar-refractivity contribution in [1.29, 1.82) is 0 Å². The molecule has 0 spiro atoms. The van der Waals surface area contributed by atoms with Crippen LogP contribution in [0.4, 0.5) is 0 Å². The van der Waals surface area contributed by atoms with E-state index >= 15 is 0 Å². The quantitative estimate of drug-likeness (QED) is 0.880. The summed E-state index contributed by atoms with van der Waals surface area (Å²) in [5.41, 5.74) is -0.516. The maximum atomic E-state index is 11.2. The minimum absolute atomic E-state index is 0.492. The van der Waals surface area contributed by atoms with Crippen molar-refractivity contribution in [1.82, 2.24) is 0 Å². The summed E-state index contributed by atoms with van der Waals surface area (Å²) in [6, 6.07) is 3.93. The summed E-state index contributed by atoms with van der Waals surface area (Å²) < 4.78 is 5.48. The Kier molecular flexibility index (Phi) is 3.97. The van der Waals surface area contributed by atoms with Crippen LogP contribution in [-0.4, -0.2) is 10.7 Å². The second kappa shape index (κ2) is 5.70. The van der Waals surface area contributed by atoms with Gasteiger partial charge in [0.25, 0.3) is 0 Å². The second-order valence-electron chi connectivity index (χ2n) is 6.61. The van der Waals surface area contributed by atoms with Gasteiger partial charge in [0, 0.05) is 6.42 Å². The SMILES string of the molecule is OC1(Cc2ccco2)CCCCC1C1CCCCC1. The fourth-order valence-electron chi connectivity index (χ4n) is 4.39. The number of hydrogen-bond donors (Lipinski definition) is 1. The Bertz CT molecular complexity index is 378. The molecule has 0 aliphatic heterocycles. The van der Waals surface area contributed by atoms with Crippen molar-refractivity contribution in [3.63, 3.8) is 0 Å². The molecule has 1 heterocycles. The third kappa shape index (κ3) is 2.89. The molecule has 2 saturated carbocycles. The Labute approximate surface area is 116 Å². The van der Waals surface area contributed by atoms with Crippen LogP contribution >= 0.6 is 0 Å². The van der Waals surface area contributed by atoms with E-state index in [9.17, 15) is 5.11 Å². The summed E-state index contributed by atoms with van der Waals surface area (Å²) in [5.74, 6) is 2.19. The van der Waals surface area contributed by atoms with Crippen LogP contribution < -0.4 is 0 Å². The van der Waals surface area contributed by atoms with Crippen LogP contribution in [0.3, 0.4) is 0 Å². The van der Waals surface area contributed by atoms with Gasteiger partial charge in [0.1, 0.15) is 5.76 Å². The molecule has 2 atom stereocenters. The third-order valence-corrected chi connectivity index (χ3v) is 5.34. The Hall–Kier alpha value is -0.760. The molecule has 2 aliphatic carbocycles. The van der Waals surface area contributed by atoms with Crippen molar-refractivity contribution in [2.75, 3.05) is 0 Å². The van der Waals surface area contributed by atoms with E-state index in [-0.39, 0.29) is 0 Å². The van der Waals surface area contributed by atoms with Gasteiger partial charge in [-0.3, -0.25) is 0 Å². The molecule has 1 aromatic rings. The first-order valence-corrected chi connectivity index (χ1v) is 8.03. The van der Waals surface area contributed by atoms with Gasteiger partial charge in [-0.2, -0.15) is 0 Å². The van der Waals surface area contributed by atoms with Gasteiger partial charge in [-0.1, -0.05) is 44.9 Å². The molecule has 2 nitrogen and oxygen atoms in total. The van der Waals surface area contributed by atoms with Gasteiger partial charge in [0.05, 0.1) is 11.9 Å². The summed E-state index contributed by atoms with van der Waals surface area (Å²) >= 11 is 0. The maximum absolute atomic E-state index is 11.2. The fourth-order valence-corrected chi connectivity index (χ4v) is 4.39. The molecule has 2 heteroatoms. The van der Waals surface area contributed by atoms with Gasteiger partial charge in [-0.25, -0.2) is 0 Å². The molecular formula is C17H26O2. The maximum Gasteiger partial charge on any atom is 0.106 e. The Morgan fingerprint density at radius 1 is 1.11 bits per heavy atom. The molecule has 2 fully saturated rings. The molecule has 0 bridgehead atoms. The predicted octanol–water partition coefficient (Wildman–Crippen LogP) is 4.32. The van der Waals surface area contributed by atoms with Crippen molar-refractivity contribution in [2.24, 2.45) is 11.8 Å². The lowest BCUT2D eigenvalue weighted by Crippen LogP contribution is -2.46. The van der Waals surface area contributed by atoms with Crippen LogP contribution in [-0.2, 0) is 6.42 Å². The molecule has 106 valence electrons. The van der Waals surface area contributed by atoms with E-state index < -0.39 is 5.60 Å². The summed E-state index contributed by atoms with van der Waals surface area (Å²) in [6.45, 7) is 0. The number of furan rings is 1. The van der Waals surface area contributed by atoms with E-state index in [1.807, 2.05) is 12.1 Å². The minimum Gasteiger partial charge on any atom is -0.469 e. The zero-order valence-electron chi connectivity index (χ0n) is 11.8. The average molecular weight is 262 g/mol. The van der Waals surface area contributed by atoms with Crippen LogP contribution in [0, 0.1) is 11.8 Å². The molecule has 0 saturated heterocycles. The van der Waals surface area contributed by atoms with E-state index in [1.54, 1.807) is 6.26 Å². The standard InChI is InChI=1S/C17H26O2/c18-17(13-15-9-6-12-19-15)11-5-4-10-16(17)14-7-2-1-3-8-14/h6,9,12,14,16,18H,1-5,7-8,10-11,13H2. The largest absolute Gasteiger partial charge is 0.469 e. The fraction of sp³-hybridized carbons (Fsp3) is 0.765. The molecule has 0 amide bonds. The average Bonchev–Trinajstić information content (AvgIpc) is 2.92. The first kappa shape index (κ1) is 13.2. The minimum atomic E-state index is -0.516. The summed E-state index contributed by atoms with van der Waals surface area (Å²) in [4.78, 5) is 0. The lowest BCUT2D eigenvalue weighted by Gasteiger charge is -2.45. The number of hydrogen-bond acceptors (Lipinski definition) is 2. The molecule has 2 unspecified atom stereocenters. The van der Waals surface area contributed by atoms with Crippen LogP contribution in [0.5, 0.6) is 0 Å². The van der Waals surface area contributed by atoms with E-state index in [0.29, 0.717) is 12.3 Å². The van der Waals surface area contributed by atoms with Crippen LogP contribution in [0.25, 0.3) is 0 Å². The number of rotatable bonds is 3. The first-order valence-electron chi connectivity index (χ1n) is 8.03. The lowest BCUT2D eigenvalue weighted by atomic mass is 9.64. The van der Waals surface area contributed by atoms with Crippen molar-refractivity contribution in [2.45, 2.75) is 69.8 Å². The van der Waals surface area contributed by atoms with Crippen molar-refractivity contribution in [3.05, 3.63) is 24.2 Å². The number of aliphatic hydroxyl groups is 1. The van der Waals surface area contributed by atoms with Crippen molar-refractivity contribution >= 4 is 0 Å². The van der Waals surface area contributed by atoms with E-state index in [2.05, 4.69) is 0 Å². The second-order valence-corrected chi connectivity index (χ2v) is 6.61. The van der Waals surface area contributed by atoms with Crippen LogP contribution in [0.1, 0.15) is 63.5 Å². The first-order chi connectivity index (χ1) is 9.28. The Morgan fingerprint density at radius 2 is 1.89 bits per heavy atom. The molecule has 0 aromatic carbocycles. The van der Waals surface area contributed by atoms with Gasteiger partial charge < -0.3 is 9.52 Å². The van der Waals surface area contributed by atoms with E-state index in [0.717, 1.165) is 18.1 Å². The van der Waals surface area contributed by atoms with Gasteiger partial charge >= 0.3 is 0 Å². The normalized spacial score (nSPS) is 33.4. The Morgan fingerprint density at radius 3 is 2.63 bits per heavy atom. The molecule has 19 heavy (non-hydrogen) atoms. The van der Waals surface area contributed by atoms with Crippen LogP contribution in [0.2, 0.25) is 0 Å². The third-order valence-electron chi connectivity index (χ3n) is 5.34. The zero-order valence-corrected chi connectivity index (χ0v) is 11.8. The van der Waals surface area contributed by atoms with Crippen molar-refractivity contribution < 1.29 is 9.52 Å². The van der Waals surface area contributed by atoms with Gasteiger partial charge in [-0.05, 0) is 36.8 Å². The molecule has 1 aromatic heterocycles. The highest BCUT2D eigenvalue weighted by Crippen LogP contribution is 2.45. The Balaban J connectivity index is 1.75. The van der Waals surface area contributed by atoms with Crippen molar-refractivity contribution in [3.8, 4) is 0 Å². The van der Waals surface area contributed by atoms with Crippen LogP contribution in [0.15, 0.2) is 22.8 Å². The van der Waals surface area contributed by atoms with Gasteiger partial charge in [-0.15, -0.1) is 0 Å². The topological polar surface area (TPSA) is 33.4 Å². The zero-order chi connectivity index (χ0) is 13.1. The molecule has 1 N–H and O–H groups in total.